The second kappa shape index (κ2) is 9.95. The van der Waals surface area contributed by atoms with Crippen LogP contribution in [0.2, 0.25) is 0 Å². The van der Waals surface area contributed by atoms with Crippen molar-refractivity contribution in [1.82, 2.24) is 10.2 Å². The zero-order valence-corrected chi connectivity index (χ0v) is 16.4. The maximum Gasteiger partial charge on any atom is 0.258 e. The Balaban J connectivity index is 1.45. The fourth-order valence-electron chi connectivity index (χ4n) is 3.47. The molecule has 1 heterocycles. The molecule has 0 saturated carbocycles. The van der Waals surface area contributed by atoms with Gasteiger partial charge in [0.25, 0.3) is 5.91 Å². The number of carbonyl (C=O) groups is 1. The topological polar surface area (TPSA) is 50.8 Å². The number of likely N-dealkylation sites (tertiary alicyclic amines) is 1. The summed E-state index contributed by atoms with van der Waals surface area (Å²) in [6.07, 6.45) is 3.56. The lowest BCUT2D eigenvalue weighted by Crippen LogP contribution is -2.39. The maximum atomic E-state index is 12.3. The van der Waals surface area contributed by atoms with E-state index in [2.05, 4.69) is 41.1 Å². The SMILES string of the molecule is C=CCc1ccc(OCC(=O)NC2CCN(Cc3ccccc3)C2)c(OC)c1. The van der Waals surface area contributed by atoms with Gasteiger partial charge in [0.05, 0.1) is 7.11 Å². The molecule has 5 nitrogen and oxygen atoms in total. The molecule has 28 heavy (non-hydrogen) atoms. The summed E-state index contributed by atoms with van der Waals surface area (Å²) in [5, 5.41) is 3.07. The summed E-state index contributed by atoms with van der Waals surface area (Å²) in [5.41, 5.74) is 2.39. The van der Waals surface area contributed by atoms with Gasteiger partial charge in [0.15, 0.2) is 18.1 Å². The molecular weight excluding hydrogens is 352 g/mol. The summed E-state index contributed by atoms with van der Waals surface area (Å²) in [7, 11) is 1.60. The predicted molar refractivity (Wildman–Crippen MR) is 111 cm³/mol. The van der Waals surface area contributed by atoms with Crippen LogP contribution in [0.25, 0.3) is 0 Å². The van der Waals surface area contributed by atoms with Crippen molar-refractivity contribution in [2.24, 2.45) is 0 Å². The first kappa shape index (κ1) is 20.0. The first-order chi connectivity index (χ1) is 13.7. The molecule has 1 atom stereocenters. The Kier molecular flexibility index (Phi) is 7.09. The van der Waals surface area contributed by atoms with Crippen LogP contribution in [0.5, 0.6) is 11.5 Å². The molecule has 0 aromatic heterocycles. The van der Waals surface area contributed by atoms with Crippen molar-refractivity contribution in [3.05, 3.63) is 72.3 Å². The van der Waals surface area contributed by atoms with Crippen molar-refractivity contribution in [2.75, 3.05) is 26.8 Å². The molecule has 148 valence electrons. The molecule has 5 heteroatoms. The largest absolute Gasteiger partial charge is 0.493 e. The quantitative estimate of drug-likeness (QED) is 0.679. The van der Waals surface area contributed by atoms with E-state index in [4.69, 9.17) is 9.47 Å². The lowest BCUT2D eigenvalue weighted by Gasteiger charge is -2.17. The smallest absolute Gasteiger partial charge is 0.258 e. The summed E-state index contributed by atoms with van der Waals surface area (Å²) in [6.45, 7) is 6.48. The standard InChI is InChI=1S/C23H28N2O3/c1-3-7-18-10-11-21(22(14-18)27-2)28-17-23(26)24-20-12-13-25(16-20)15-19-8-5-4-6-9-19/h3-6,8-11,14,20H,1,7,12-13,15-17H2,2H3,(H,24,26). The van der Waals surface area contributed by atoms with Gasteiger partial charge < -0.3 is 14.8 Å². The molecule has 2 aromatic rings. The number of rotatable bonds is 9. The number of methoxy groups -OCH3 is 1. The van der Waals surface area contributed by atoms with Crippen LogP contribution in [0.1, 0.15) is 17.5 Å². The fourth-order valence-corrected chi connectivity index (χ4v) is 3.47. The van der Waals surface area contributed by atoms with Crippen LogP contribution in [-0.4, -0.2) is 43.7 Å². The molecule has 1 N–H and O–H groups in total. The summed E-state index contributed by atoms with van der Waals surface area (Å²) < 4.78 is 11.1. The Morgan fingerprint density at radius 3 is 2.79 bits per heavy atom. The monoisotopic (exact) mass is 380 g/mol. The van der Waals surface area contributed by atoms with Gasteiger partial charge in [-0.05, 0) is 36.1 Å². The highest BCUT2D eigenvalue weighted by Gasteiger charge is 2.24. The van der Waals surface area contributed by atoms with Crippen molar-refractivity contribution in [3.8, 4) is 11.5 Å². The number of ether oxygens (including phenoxy) is 2. The van der Waals surface area contributed by atoms with Gasteiger partial charge in [0.2, 0.25) is 0 Å². The molecule has 0 aliphatic carbocycles. The third kappa shape index (κ3) is 5.60. The van der Waals surface area contributed by atoms with Crippen LogP contribution >= 0.6 is 0 Å². The zero-order chi connectivity index (χ0) is 19.8. The maximum absolute atomic E-state index is 12.3. The van der Waals surface area contributed by atoms with Gasteiger partial charge in [-0.1, -0.05) is 42.5 Å². The lowest BCUT2D eigenvalue weighted by atomic mass is 10.1. The number of amides is 1. The average molecular weight is 380 g/mol. The Labute approximate surface area is 167 Å². The summed E-state index contributed by atoms with van der Waals surface area (Å²) in [4.78, 5) is 14.7. The number of nitrogens with zero attached hydrogens (tertiary/aromatic N) is 1. The van der Waals surface area contributed by atoms with Crippen LogP contribution in [0.4, 0.5) is 0 Å². The van der Waals surface area contributed by atoms with E-state index in [-0.39, 0.29) is 18.6 Å². The minimum Gasteiger partial charge on any atom is -0.493 e. The molecule has 2 aromatic carbocycles. The van der Waals surface area contributed by atoms with E-state index in [1.807, 2.05) is 30.3 Å². The van der Waals surface area contributed by atoms with Gasteiger partial charge in [0.1, 0.15) is 0 Å². The average Bonchev–Trinajstić information content (AvgIpc) is 3.14. The van der Waals surface area contributed by atoms with E-state index < -0.39 is 0 Å². The minimum absolute atomic E-state index is 0.0215. The Morgan fingerprint density at radius 1 is 1.21 bits per heavy atom. The highest BCUT2D eigenvalue weighted by Crippen LogP contribution is 2.28. The van der Waals surface area contributed by atoms with Gasteiger partial charge in [-0.3, -0.25) is 9.69 Å². The molecule has 1 saturated heterocycles. The fraction of sp³-hybridized carbons (Fsp3) is 0.348. The molecule has 0 bridgehead atoms. The van der Waals surface area contributed by atoms with E-state index in [1.165, 1.54) is 5.56 Å². The first-order valence-corrected chi connectivity index (χ1v) is 9.64. The number of nitrogens with one attached hydrogen (secondary N) is 1. The van der Waals surface area contributed by atoms with Crippen LogP contribution < -0.4 is 14.8 Å². The molecule has 0 radical (unpaired) electrons. The van der Waals surface area contributed by atoms with Crippen molar-refractivity contribution in [2.45, 2.75) is 25.4 Å². The van der Waals surface area contributed by atoms with E-state index in [0.29, 0.717) is 11.5 Å². The molecule has 1 unspecified atom stereocenters. The van der Waals surface area contributed by atoms with E-state index in [9.17, 15) is 4.79 Å². The molecule has 1 aliphatic rings. The third-order valence-corrected chi connectivity index (χ3v) is 4.85. The van der Waals surface area contributed by atoms with Crippen LogP contribution in [0, 0.1) is 0 Å². The number of carbonyl (C=O) groups excluding carboxylic acids is 1. The van der Waals surface area contributed by atoms with Crippen LogP contribution in [0.15, 0.2) is 61.2 Å². The first-order valence-electron chi connectivity index (χ1n) is 9.64. The molecule has 1 aliphatic heterocycles. The van der Waals surface area contributed by atoms with Gasteiger partial charge in [0, 0.05) is 25.7 Å². The summed E-state index contributed by atoms with van der Waals surface area (Å²) in [6, 6.07) is 16.3. The Morgan fingerprint density at radius 2 is 2.04 bits per heavy atom. The zero-order valence-electron chi connectivity index (χ0n) is 16.4. The van der Waals surface area contributed by atoms with Crippen molar-refractivity contribution in [1.29, 1.82) is 0 Å². The van der Waals surface area contributed by atoms with Gasteiger partial charge >= 0.3 is 0 Å². The summed E-state index contributed by atoms with van der Waals surface area (Å²) in [5.74, 6) is 1.09. The minimum atomic E-state index is -0.108. The number of allylic oxidation sites excluding steroid dienone is 1. The molecule has 0 spiro atoms. The number of hydrogen-bond donors (Lipinski definition) is 1. The molecule has 3 rings (SSSR count). The van der Waals surface area contributed by atoms with Crippen LogP contribution in [0.3, 0.4) is 0 Å². The highest BCUT2D eigenvalue weighted by molar-refractivity contribution is 5.78. The highest BCUT2D eigenvalue weighted by atomic mass is 16.5. The van der Waals surface area contributed by atoms with Gasteiger partial charge in [-0.15, -0.1) is 6.58 Å². The summed E-state index contributed by atoms with van der Waals surface area (Å²) >= 11 is 0. The number of hydrogen-bond acceptors (Lipinski definition) is 4. The van der Waals surface area contributed by atoms with E-state index in [0.717, 1.165) is 38.0 Å². The lowest BCUT2D eigenvalue weighted by molar-refractivity contribution is -0.123. The van der Waals surface area contributed by atoms with Gasteiger partial charge in [-0.25, -0.2) is 0 Å². The van der Waals surface area contributed by atoms with E-state index in [1.54, 1.807) is 7.11 Å². The predicted octanol–water partition coefficient (Wildman–Crippen LogP) is 3.19. The second-order valence-corrected chi connectivity index (χ2v) is 7.04. The third-order valence-electron chi connectivity index (χ3n) is 4.85. The van der Waals surface area contributed by atoms with E-state index >= 15 is 0 Å². The van der Waals surface area contributed by atoms with Crippen LogP contribution in [-0.2, 0) is 17.8 Å². The molecule has 1 fully saturated rings. The second-order valence-electron chi connectivity index (χ2n) is 7.04. The van der Waals surface area contributed by atoms with Crippen molar-refractivity contribution < 1.29 is 14.3 Å². The van der Waals surface area contributed by atoms with Crippen molar-refractivity contribution in [3.63, 3.8) is 0 Å². The Hall–Kier alpha value is -2.79. The molecular formula is C23H28N2O3. The van der Waals surface area contributed by atoms with Crippen molar-refractivity contribution >= 4 is 5.91 Å². The Bertz CT molecular complexity index is 792. The van der Waals surface area contributed by atoms with Gasteiger partial charge in [-0.2, -0.15) is 0 Å². The molecule has 1 amide bonds. The number of benzene rings is 2. The normalized spacial score (nSPS) is 16.5.